The fourth-order valence-corrected chi connectivity index (χ4v) is 2.69. The first-order valence-electron chi connectivity index (χ1n) is 5.19. The van der Waals surface area contributed by atoms with Crippen molar-refractivity contribution in [2.24, 2.45) is 5.73 Å². The van der Waals surface area contributed by atoms with Crippen LogP contribution in [0.4, 0.5) is 4.39 Å². The molecule has 2 N–H and O–H groups in total. The summed E-state index contributed by atoms with van der Waals surface area (Å²) >= 11 is 1.65. The average molecular weight is 235 g/mol. The van der Waals surface area contributed by atoms with Gasteiger partial charge in [-0.3, -0.25) is 0 Å². The molecule has 1 heterocycles. The van der Waals surface area contributed by atoms with Crippen LogP contribution in [0, 0.1) is 12.7 Å². The quantitative estimate of drug-likeness (QED) is 0.866. The molecule has 1 atom stereocenters. The van der Waals surface area contributed by atoms with Crippen molar-refractivity contribution in [3.05, 3.63) is 57.5 Å². The highest BCUT2D eigenvalue weighted by Crippen LogP contribution is 2.23. The number of rotatable bonds is 3. The Labute approximate surface area is 98.7 Å². The van der Waals surface area contributed by atoms with Crippen LogP contribution in [0.15, 0.2) is 35.0 Å². The van der Waals surface area contributed by atoms with Gasteiger partial charge in [-0.05, 0) is 52.9 Å². The Kier molecular flexibility index (Phi) is 3.36. The molecular formula is C13H14FNS. The van der Waals surface area contributed by atoms with E-state index in [1.54, 1.807) is 23.5 Å². The molecule has 0 fully saturated rings. The lowest BCUT2D eigenvalue weighted by molar-refractivity contribution is 0.622. The van der Waals surface area contributed by atoms with Gasteiger partial charge >= 0.3 is 0 Å². The lowest BCUT2D eigenvalue weighted by Gasteiger charge is -2.11. The van der Waals surface area contributed by atoms with Crippen molar-refractivity contribution in [3.8, 4) is 0 Å². The maximum atomic E-state index is 13.0. The Morgan fingerprint density at radius 1 is 1.38 bits per heavy atom. The van der Waals surface area contributed by atoms with Gasteiger partial charge in [0.1, 0.15) is 5.82 Å². The number of thiophene rings is 1. The third-order valence-electron chi connectivity index (χ3n) is 2.64. The highest BCUT2D eigenvalue weighted by molar-refractivity contribution is 7.08. The molecule has 1 nitrogen and oxygen atoms in total. The summed E-state index contributed by atoms with van der Waals surface area (Å²) in [5.41, 5.74) is 9.43. The first-order valence-corrected chi connectivity index (χ1v) is 6.14. The van der Waals surface area contributed by atoms with Gasteiger partial charge in [-0.15, -0.1) is 0 Å². The van der Waals surface area contributed by atoms with Gasteiger partial charge in [0.15, 0.2) is 0 Å². The fraction of sp³-hybridized carbons (Fsp3) is 0.231. The van der Waals surface area contributed by atoms with Gasteiger partial charge in [0.05, 0.1) is 0 Å². The summed E-state index contributed by atoms with van der Waals surface area (Å²) in [5, 5.41) is 4.15. The van der Waals surface area contributed by atoms with Crippen LogP contribution in [0.1, 0.15) is 22.7 Å². The lowest BCUT2D eigenvalue weighted by Crippen LogP contribution is -2.13. The molecule has 0 aliphatic carbocycles. The second-order valence-electron chi connectivity index (χ2n) is 3.95. The zero-order valence-electron chi connectivity index (χ0n) is 9.11. The molecule has 0 saturated heterocycles. The molecule has 0 amide bonds. The molecule has 0 saturated carbocycles. The van der Waals surface area contributed by atoms with Crippen LogP contribution in [0.2, 0.25) is 0 Å². The molecular weight excluding hydrogens is 221 g/mol. The zero-order valence-corrected chi connectivity index (χ0v) is 9.93. The molecule has 3 heteroatoms. The zero-order chi connectivity index (χ0) is 11.5. The topological polar surface area (TPSA) is 26.0 Å². The first-order chi connectivity index (χ1) is 7.66. The maximum Gasteiger partial charge on any atom is 0.123 e. The van der Waals surface area contributed by atoms with E-state index in [0.717, 1.165) is 11.1 Å². The van der Waals surface area contributed by atoms with Crippen LogP contribution in [0.25, 0.3) is 0 Å². The Morgan fingerprint density at radius 2 is 2.19 bits per heavy atom. The molecule has 0 aliphatic heterocycles. The molecule has 0 radical (unpaired) electrons. The monoisotopic (exact) mass is 235 g/mol. The lowest BCUT2D eigenvalue weighted by atomic mass is 9.99. The number of benzene rings is 1. The smallest absolute Gasteiger partial charge is 0.123 e. The predicted molar refractivity (Wildman–Crippen MR) is 66.1 cm³/mol. The van der Waals surface area contributed by atoms with Crippen molar-refractivity contribution >= 4 is 11.3 Å². The number of hydrogen-bond donors (Lipinski definition) is 1. The van der Waals surface area contributed by atoms with Gasteiger partial charge in [0, 0.05) is 6.04 Å². The van der Waals surface area contributed by atoms with Crippen LogP contribution in [-0.2, 0) is 6.42 Å². The summed E-state index contributed by atoms with van der Waals surface area (Å²) in [6.07, 6.45) is 0.676. The van der Waals surface area contributed by atoms with Crippen LogP contribution in [0.3, 0.4) is 0 Å². The SMILES string of the molecule is Cc1cscc1C(N)Cc1cccc(F)c1. The van der Waals surface area contributed by atoms with Crippen LogP contribution < -0.4 is 5.73 Å². The highest BCUT2D eigenvalue weighted by atomic mass is 32.1. The largest absolute Gasteiger partial charge is 0.324 e. The molecule has 0 aliphatic rings. The van der Waals surface area contributed by atoms with Crippen LogP contribution >= 0.6 is 11.3 Å². The summed E-state index contributed by atoms with van der Waals surface area (Å²) in [5.74, 6) is -0.202. The number of halogens is 1. The van der Waals surface area contributed by atoms with E-state index < -0.39 is 0 Å². The van der Waals surface area contributed by atoms with Gasteiger partial charge < -0.3 is 5.73 Å². The van der Waals surface area contributed by atoms with Crippen molar-refractivity contribution in [2.45, 2.75) is 19.4 Å². The Balaban J connectivity index is 2.14. The summed E-state index contributed by atoms with van der Waals surface area (Å²) in [7, 11) is 0. The molecule has 84 valence electrons. The minimum atomic E-state index is -0.202. The number of nitrogens with two attached hydrogens (primary N) is 1. The van der Waals surface area contributed by atoms with Crippen LogP contribution in [0.5, 0.6) is 0 Å². The molecule has 2 aromatic rings. The minimum absolute atomic E-state index is 0.0481. The number of hydrogen-bond acceptors (Lipinski definition) is 2. The first kappa shape index (κ1) is 11.3. The van der Waals surface area contributed by atoms with E-state index in [-0.39, 0.29) is 11.9 Å². The maximum absolute atomic E-state index is 13.0. The van der Waals surface area contributed by atoms with E-state index in [0.29, 0.717) is 6.42 Å². The second kappa shape index (κ2) is 4.76. The summed E-state index contributed by atoms with van der Waals surface area (Å²) < 4.78 is 13.0. The fourth-order valence-electron chi connectivity index (χ4n) is 1.78. The van der Waals surface area contributed by atoms with Crippen molar-refractivity contribution in [2.75, 3.05) is 0 Å². The number of aryl methyl sites for hydroxylation is 1. The van der Waals surface area contributed by atoms with Crippen molar-refractivity contribution in [1.82, 2.24) is 0 Å². The van der Waals surface area contributed by atoms with E-state index in [1.807, 2.05) is 6.07 Å². The summed E-state index contributed by atoms with van der Waals surface area (Å²) in [4.78, 5) is 0. The summed E-state index contributed by atoms with van der Waals surface area (Å²) in [6, 6.07) is 6.57. The predicted octanol–water partition coefficient (Wildman–Crippen LogP) is 3.44. The van der Waals surface area contributed by atoms with E-state index in [2.05, 4.69) is 17.7 Å². The third-order valence-corrected chi connectivity index (χ3v) is 3.52. The Bertz CT molecular complexity index is 478. The highest BCUT2D eigenvalue weighted by Gasteiger charge is 2.10. The standard InChI is InChI=1S/C13H14FNS/c1-9-7-16-8-12(9)13(15)6-10-3-2-4-11(14)5-10/h2-5,7-8,13H,6,15H2,1H3. The summed E-state index contributed by atoms with van der Waals surface area (Å²) in [6.45, 7) is 2.05. The molecule has 0 spiro atoms. The van der Waals surface area contributed by atoms with Gasteiger partial charge in [0.25, 0.3) is 0 Å². The van der Waals surface area contributed by atoms with Gasteiger partial charge in [-0.25, -0.2) is 4.39 Å². The van der Waals surface area contributed by atoms with Gasteiger partial charge in [-0.1, -0.05) is 12.1 Å². The van der Waals surface area contributed by atoms with Crippen LogP contribution in [-0.4, -0.2) is 0 Å². The minimum Gasteiger partial charge on any atom is -0.324 e. The van der Waals surface area contributed by atoms with Crippen molar-refractivity contribution in [3.63, 3.8) is 0 Å². The van der Waals surface area contributed by atoms with Crippen molar-refractivity contribution in [1.29, 1.82) is 0 Å². The molecule has 0 bridgehead atoms. The second-order valence-corrected chi connectivity index (χ2v) is 4.69. The molecule has 1 aromatic carbocycles. The Hall–Kier alpha value is -1.19. The van der Waals surface area contributed by atoms with Gasteiger partial charge in [-0.2, -0.15) is 11.3 Å². The van der Waals surface area contributed by atoms with Crippen molar-refractivity contribution < 1.29 is 4.39 Å². The van der Waals surface area contributed by atoms with E-state index in [1.165, 1.54) is 11.6 Å². The molecule has 1 unspecified atom stereocenters. The molecule has 2 rings (SSSR count). The van der Waals surface area contributed by atoms with E-state index in [4.69, 9.17) is 5.73 Å². The normalized spacial score (nSPS) is 12.7. The molecule has 1 aromatic heterocycles. The van der Waals surface area contributed by atoms with E-state index >= 15 is 0 Å². The Morgan fingerprint density at radius 3 is 2.81 bits per heavy atom. The third kappa shape index (κ3) is 2.49. The van der Waals surface area contributed by atoms with E-state index in [9.17, 15) is 4.39 Å². The molecule has 16 heavy (non-hydrogen) atoms. The average Bonchev–Trinajstić information content (AvgIpc) is 2.64. The van der Waals surface area contributed by atoms with Gasteiger partial charge in [0.2, 0.25) is 0 Å².